The fraction of sp³-hybridized carbons (Fsp3) is 0.133. The average molecular weight is 272 g/mol. The highest BCUT2D eigenvalue weighted by atomic mass is 32.2. The van der Waals surface area contributed by atoms with Crippen molar-refractivity contribution in [1.82, 2.24) is 0 Å². The zero-order valence-electron chi connectivity index (χ0n) is 10.2. The lowest BCUT2D eigenvalue weighted by molar-refractivity contribution is -0.676. The summed E-state index contributed by atoms with van der Waals surface area (Å²) >= 11 is 3.78. The van der Waals surface area contributed by atoms with E-state index in [1.165, 1.54) is 20.1 Å². The molecular weight excluding hydrogens is 258 g/mol. The largest absolute Gasteiger partial charge is 0.298 e. The lowest BCUT2D eigenvalue weighted by Crippen LogP contribution is -2.28. The summed E-state index contributed by atoms with van der Waals surface area (Å²) in [4.78, 5) is 0. The van der Waals surface area contributed by atoms with Gasteiger partial charge >= 0.3 is 0 Å². The van der Waals surface area contributed by atoms with E-state index in [9.17, 15) is 0 Å². The monoisotopic (exact) mass is 272 g/mol. The van der Waals surface area contributed by atoms with Crippen LogP contribution >= 0.6 is 23.1 Å². The Kier molecular flexibility index (Phi) is 3.35. The van der Waals surface area contributed by atoms with Crippen LogP contribution < -0.4 is 4.57 Å². The van der Waals surface area contributed by atoms with Gasteiger partial charge in [0.15, 0.2) is 0 Å². The maximum atomic E-state index is 2.29. The Hall–Kier alpha value is -1.32. The maximum absolute atomic E-state index is 2.29. The number of hydrogen-bond donors (Lipinski definition) is 0. The first kappa shape index (κ1) is 11.8. The van der Waals surface area contributed by atoms with Crippen LogP contribution in [0.3, 0.4) is 0 Å². The summed E-state index contributed by atoms with van der Waals surface area (Å²) in [5.41, 5.74) is 2.69. The summed E-state index contributed by atoms with van der Waals surface area (Å²) in [5, 5.41) is 0. The summed E-state index contributed by atoms with van der Waals surface area (Å²) in [6, 6.07) is 19.2. The topological polar surface area (TPSA) is 3.88 Å². The van der Waals surface area contributed by atoms with Crippen molar-refractivity contribution in [3.8, 4) is 0 Å². The van der Waals surface area contributed by atoms with Crippen LogP contribution in [0.4, 0.5) is 0 Å². The first-order valence-electron chi connectivity index (χ1n) is 5.89. The second kappa shape index (κ2) is 5.12. The molecule has 1 aromatic heterocycles. The average Bonchev–Trinajstić information content (AvgIpc) is 2.75. The molecule has 3 rings (SSSR count). The normalized spacial score (nSPS) is 10.9. The first-order valence-corrected chi connectivity index (χ1v) is 7.69. The van der Waals surface area contributed by atoms with Crippen molar-refractivity contribution in [3.63, 3.8) is 0 Å². The third-order valence-corrected chi connectivity index (χ3v) is 5.52. The van der Waals surface area contributed by atoms with Crippen molar-refractivity contribution in [2.75, 3.05) is 0 Å². The molecule has 3 aromatic rings. The van der Waals surface area contributed by atoms with Gasteiger partial charge < -0.3 is 0 Å². The van der Waals surface area contributed by atoms with Gasteiger partial charge in [0.2, 0.25) is 5.52 Å². The summed E-state index contributed by atoms with van der Waals surface area (Å²) in [5.74, 6) is 1.03. The zero-order valence-corrected chi connectivity index (χ0v) is 11.8. The lowest BCUT2D eigenvalue weighted by atomic mass is 10.2. The predicted molar refractivity (Wildman–Crippen MR) is 79.0 cm³/mol. The van der Waals surface area contributed by atoms with Crippen LogP contribution in [-0.2, 0) is 12.8 Å². The quantitative estimate of drug-likeness (QED) is 0.514. The number of para-hydroxylation sites is 1. The molecule has 0 unspecified atom stereocenters. The third-order valence-electron chi connectivity index (χ3n) is 2.90. The number of aromatic nitrogens is 1. The SMILES string of the molecule is C[n+]1c(SCc2ccccc2)sc2ccccc21. The number of thioether (sulfide) groups is 1. The van der Waals surface area contributed by atoms with Crippen molar-refractivity contribution in [2.24, 2.45) is 7.05 Å². The molecule has 18 heavy (non-hydrogen) atoms. The molecule has 1 nitrogen and oxygen atoms in total. The van der Waals surface area contributed by atoms with Crippen molar-refractivity contribution in [3.05, 3.63) is 60.2 Å². The van der Waals surface area contributed by atoms with E-state index in [4.69, 9.17) is 0 Å². The van der Waals surface area contributed by atoms with Crippen LogP contribution in [0.5, 0.6) is 0 Å². The van der Waals surface area contributed by atoms with Crippen LogP contribution in [0, 0.1) is 0 Å². The first-order chi connectivity index (χ1) is 8.84. The van der Waals surface area contributed by atoms with Crippen LogP contribution in [0.1, 0.15) is 5.56 Å². The number of benzene rings is 2. The molecule has 3 heteroatoms. The highest BCUT2D eigenvalue weighted by Gasteiger charge is 2.16. The minimum Gasteiger partial charge on any atom is -0.179 e. The predicted octanol–water partition coefficient (Wildman–Crippen LogP) is 4.02. The summed E-state index contributed by atoms with van der Waals surface area (Å²) < 4.78 is 5.00. The van der Waals surface area contributed by atoms with Gasteiger partial charge in [0.1, 0.15) is 11.7 Å². The van der Waals surface area contributed by atoms with Gasteiger partial charge in [-0.2, -0.15) is 4.57 Å². The van der Waals surface area contributed by atoms with Crippen molar-refractivity contribution in [2.45, 2.75) is 10.1 Å². The van der Waals surface area contributed by atoms with Crippen LogP contribution in [0.25, 0.3) is 10.2 Å². The van der Waals surface area contributed by atoms with Gasteiger partial charge in [-0.25, -0.2) is 0 Å². The fourth-order valence-electron chi connectivity index (χ4n) is 1.93. The van der Waals surface area contributed by atoms with Crippen molar-refractivity contribution in [1.29, 1.82) is 0 Å². The number of nitrogens with zero attached hydrogens (tertiary/aromatic N) is 1. The number of hydrogen-bond acceptors (Lipinski definition) is 2. The fourth-order valence-corrected chi connectivity index (χ4v) is 4.26. The summed E-state index contributed by atoms with van der Waals surface area (Å²) in [7, 11) is 2.14. The Bertz CT molecular complexity index is 659. The molecule has 0 radical (unpaired) electrons. The standard InChI is InChI=1S/C15H14NS2/c1-16-13-9-5-6-10-14(13)18-15(16)17-11-12-7-3-2-4-8-12/h2-10H,11H2,1H3/q+1. The molecule has 0 saturated heterocycles. The molecule has 2 aromatic carbocycles. The molecule has 0 aliphatic heterocycles. The van der Waals surface area contributed by atoms with Gasteiger partial charge in [-0.3, -0.25) is 0 Å². The van der Waals surface area contributed by atoms with Crippen LogP contribution in [-0.4, -0.2) is 0 Å². The molecule has 90 valence electrons. The lowest BCUT2D eigenvalue weighted by Gasteiger charge is -1.96. The van der Waals surface area contributed by atoms with Crippen molar-refractivity contribution < 1.29 is 4.57 Å². The third kappa shape index (κ3) is 2.28. The molecule has 0 spiro atoms. The van der Waals surface area contributed by atoms with E-state index in [0.29, 0.717) is 0 Å². The number of fused-ring (bicyclic) bond motifs is 1. The molecule has 0 atom stereocenters. The Morgan fingerprint density at radius 1 is 1.00 bits per heavy atom. The molecule has 0 aliphatic rings. The van der Waals surface area contributed by atoms with Gasteiger partial charge in [-0.1, -0.05) is 53.8 Å². The smallest absolute Gasteiger partial charge is 0.179 e. The molecule has 0 fully saturated rings. The van der Waals surface area contributed by atoms with E-state index in [-0.39, 0.29) is 0 Å². The van der Waals surface area contributed by atoms with Crippen LogP contribution in [0.15, 0.2) is 58.9 Å². The van der Waals surface area contributed by atoms with Crippen molar-refractivity contribution >= 4 is 33.3 Å². The Morgan fingerprint density at radius 2 is 1.72 bits per heavy atom. The van der Waals surface area contributed by atoms with Gasteiger partial charge in [0, 0.05) is 11.8 Å². The van der Waals surface area contributed by atoms with Crippen LogP contribution in [0.2, 0.25) is 0 Å². The molecule has 0 N–H and O–H groups in total. The van der Waals surface area contributed by atoms with Gasteiger partial charge in [0.25, 0.3) is 4.34 Å². The van der Waals surface area contributed by atoms with E-state index in [0.717, 1.165) is 5.75 Å². The van der Waals surface area contributed by atoms with E-state index in [1.807, 2.05) is 23.1 Å². The Balaban J connectivity index is 1.85. The highest BCUT2D eigenvalue weighted by molar-refractivity contribution is 8.00. The Labute approximate surface area is 115 Å². The molecule has 0 saturated carbocycles. The zero-order chi connectivity index (χ0) is 12.4. The van der Waals surface area contributed by atoms with Gasteiger partial charge in [0.05, 0.1) is 0 Å². The molecule has 0 amide bonds. The molecular formula is C15H14NS2+. The molecule has 0 bridgehead atoms. The van der Waals surface area contributed by atoms with E-state index in [1.54, 1.807) is 0 Å². The van der Waals surface area contributed by atoms with E-state index >= 15 is 0 Å². The number of thiazole rings is 1. The second-order valence-corrected chi connectivity index (χ2v) is 6.42. The highest BCUT2D eigenvalue weighted by Crippen LogP contribution is 2.29. The minimum atomic E-state index is 1.03. The summed E-state index contributed by atoms with van der Waals surface area (Å²) in [6.45, 7) is 0. The number of rotatable bonds is 3. The summed E-state index contributed by atoms with van der Waals surface area (Å²) in [6.07, 6.45) is 0. The Morgan fingerprint density at radius 3 is 2.50 bits per heavy atom. The minimum absolute atomic E-state index is 1.03. The van der Waals surface area contributed by atoms with Gasteiger partial charge in [-0.05, 0) is 23.4 Å². The molecule has 0 aliphatic carbocycles. The van der Waals surface area contributed by atoms with E-state index in [2.05, 4.69) is 66.2 Å². The molecule has 1 heterocycles. The van der Waals surface area contributed by atoms with Gasteiger partial charge in [-0.15, -0.1) is 0 Å². The van der Waals surface area contributed by atoms with E-state index < -0.39 is 0 Å². The second-order valence-electron chi connectivity index (χ2n) is 4.17. The number of aryl methyl sites for hydroxylation is 1. The maximum Gasteiger partial charge on any atom is 0.298 e.